The Bertz CT molecular complexity index is 404. The average Bonchev–Trinajstić information content (AvgIpc) is 2.42. The molecule has 3 nitrogen and oxygen atoms in total. The summed E-state index contributed by atoms with van der Waals surface area (Å²) in [5.74, 6) is 0.753. The summed E-state index contributed by atoms with van der Waals surface area (Å²) in [6.07, 6.45) is 5.35. The molecule has 1 aliphatic carbocycles. The van der Waals surface area contributed by atoms with Crippen LogP contribution in [0, 0.1) is 10.8 Å². The van der Waals surface area contributed by atoms with E-state index < -0.39 is 0 Å². The van der Waals surface area contributed by atoms with Crippen molar-refractivity contribution < 1.29 is 0 Å². The van der Waals surface area contributed by atoms with Crippen molar-refractivity contribution in [2.45, 2.75) is 53.0 Å². The van der Waals surface area contributed by atoms with Gasteiger partial charge in [-0.25, -0.2) is 4.68 Å². The van der Waals surface area contributed by atoms with E-state index in [0.29, 0.717) is 16.9 Å². The summed E-state index contributed by atoms with van der Waals surface area (Å²) in [4.78, 5) is 0. The van der Waals surface area contributed by atoms with Gasteiger partial charge >= 0.3 is 0 Å². The average molecular weight is 300 g/mol. The van der Waals surface area contributed by atoms with E-state index in [1.54, 1.807) is 6.20 Å². The molecule has 1 heterocycles. The molecule has 0 spiro atoms. The first kappa shape index (κ1) is 12.9. The molecule has 0 aromatic carbocycles. The smallest absolute Gasteiger partial charge is 0.136 e. The fraction of sp³-hybridized carbons (Fsp3) is 0.769. The van der Waals surface area contributed by atoms with Gasteiger partial charge in [-0.1, -0.05) is 27.7 Å². The highest BCUT2D eigenvalue weighted by atomic mass is 79.9. The highest BCUT2D eigenvalue weighted by molar-refractivity contribution is 9.10. The molecule has 17 heavy (non-hydrogen) atoms. The molecule has 2 N–H and O–H groups in total. The summed E-state index contributed by atoms with van der Waals surface area (Å²) >= 11 is 3.43. The molecular weight excluding hydrogens is 278 g/mol. The Balaban J connectivity index is 2.30. The number of hydrogen-bond donors (Lipinski definition) is 1. The lowest BCUT2D eigenvalue weighted by Crippen LogP contribution is -2.35. The van der Waals surface area contributed by atoms with Gasteiger partial charge in [-0.2, -0.15) is 5.10 Å². The topological polar surface area (TPSA) is 43.8 Å². The monoisotopic (exact) mass is 299 g/mol. The highest BCUT2D eigenvalue weighted by Gasteiger charge is 2.39. The molecule has 0 saturated heterocycles. The minimum absolute atomic E-state index is 0.358. The molecular formula is C13H22BrN3. The summed E-state index contributed by atoms with van der Waals surface area (Å²) in [5.41, 5.74) is 6.78. The molecule has 1 aromatic heterocycles. The van der Waals surface area contributed by atoms with Crippen LogP contribution in [0.5, 0.6) is 0 Å². The predicted octanol–water partition coefficient (Wildman–Crippen LogP) is 4.01. The second-order valence-corrected chi connectivity index (χ2v) is 7.74. The minimum atomic E-state index is 0.358. The zero-order valence-corrected chi connectivity index (χ0v) is 12.7. The van der Waals surface area contributed by atoms with E-state index in [1.165, 1.54) is 6.42 Å². The van der Waals surface area contributed by atoms with Gasteiger partial charge in [-0.05, 0) is 46.0 Å². The lowest BCUT2D eigenvalue weighted by atomic mass is 9.63. The zero-order chi connectivity index (χ0) is 12.8. The third-order valence-corrected chi connectivity index (χ3v) is 4.28. The lowest BCUT2D eigenvalue weighted by molar-refractivity contribution is 0.0682. The number of anilines is 1. The molecule has 0 radical (unpaired) electrons. The SMILES string of the molecule is CC1(C)CC(n2ncc(Br)c2N)CC(C)(C)C1. The molecule has 0 amide bonds. The van der Waals surface area contributed by atoms with Gasteiger partial charge < -0.3 is 5.73 Å². The van der Waals surface area contributed by atoms with Crippen molar-refractivity contribution in [3.05, 3.63) is 10.7 Å². The van der Waals surface area contributed by atoms with Gasteiger partial charge in [0.2, 0.25) is 0 Å². The first-order valence-electron chi connectivity index (χ1n) is 6.19. The van der Waals surface area contributed by atoms with Crippen molar-refractivity contribution in [1.82, 2.24) is 9.78 Å². The second kappa shape index (κ2) is 4.01. The van der Waals surface area contributed by atoms with Crippen molar-refractivity contribution in [2.24, 2.45) is 10.8 Å². The maximum Gasteiger partial charge on any atom is 0.136 e. The number of nitrogen functional groups attached to an aromatic ring is 1. The highest BCUT2D eigenvalue weighted by Crippen LogP contribution is 2.50. The fourth-order valence-electron chi connectivity index (χ4n) is 3.60. The molecule has 0 bridgehead atoms. The number of rotatable bonds is 1. The van der Waals surface area contributed by atoms with Crippen LogP contribution in [0.2, 0.25) is 0 Å². The van der Waals surface area contributed by atoms with E-state index in [9.17, 15) is 0 Å². The lowest BCUT2D eigenvalue weighted by Gasteiger charge is -2.45. The van der Waals surface area contributed by atoms with E-state index in [4.69, 9.17) is 5.73 Å². The van der Waals surface area contributed by atoms with Crippen LogP contribution in [0.25, 0.3) is 0 Å². The van der Waals surface area contributed by atoms with Crippen LogP contribution in [-0.4, -0.2) is 9.78 Å². The Morgan fingerprint density at radius 2 is 1.82 bits per heavy atom. The first-order valence-corrected chi connectivity index (χ1v) is 6.98. The van der Waals surface area contributed by atoms with Crippen LogP contribution in [0.4, 0.5) is 5.82 Å². The van der Waals surface area contributed by atoms with Gasteiger partial charge in [0, 0.05) is 0 Å². The van der Waals surface area contributed by atoms with Crippen LogP contribution in [0.3, 0.4) is 0 Å². The van der Waals surface area contributed by atoms with Crippen LogP contribution >= 0.6 is 15.9 Å². The Hall–Kier alpha value is -0.510. The minimum Gasteiger partial charge on any atom is -0.383 e. The van der Waals surface area contributed by atoms with E-state index in [0.717, 1.165) is 23.1 Å². The van der Waals surface area contributed by atoms with Gasteiger partial charge in [0.1, 0.15) is 5.82 Å². The maximum atomic E-state index is 6.06. The fourth-order valence-corrected chi connectivity index (χ4v) is 3.88. The number of halogens is 1. The van der Waals surface area contributed by atoms with E-state index in [-0.39, 0.29) is 0 Å². The summed E-state index contributed by atoms with van der Waals surface area (Å²) in [6.45, 7) is 9.37. The van der Waals surface area contributed by atoms with Crippen LogP contribution in [0.15, 0.2) is 10.7 Å². The quantitative estimate of drug-likeness (QED) is 0.851. The van der Waals surface area contributed by atoms with Gasteiger partial charge in [-0.15, -0.1) is 0 Å². The number of aromatic nitrogens is 2. The molecule has 4 heteroatoms. The van der Waals surface area contributed by atoms with Gasteiger partial charge in [0.25, 0.3) is 0 Å². The van der Waals surface area contributed by atoms with Crippen molar-refractivity contribution in [2.75, 3.05) is 5.73 Å². The standard InChI is InChI=1S/C13H22BrN3/c1-12(2)5-9(6-13(3,4)8-12)17-11(15)10(14)7-16-17/h7,9H,5-6,8,15H2,1-4H3. The van der Waals surface area contributed by atoms with Crippen LogP contribution in [-0.2, 0) is 0 Å². The number of hydrogen-bond acceptors (Lipinski definition) is 2. The zero-order valence-electron chi connectivity index (χ0n) is 11.1. The largest absolute Gasteiger partial charge is 0.383 e. The van der Waals surface area contributed by atoms with Crippen molar-refractivity contribution in [1.29, 1.82) is 0 Å². The molecule has 1 fully saturated rings. The van der Waals surface area contributed by atoms with Crippen molar-refractivity contribution >= 4 is 21.7 Å². The number of nitrogens with zero attached hydrogens (tertiary/aromatic N) is 2. The molecule has 1 aromatic rings. The number of nitrogens with two attached hydrogens (primary N) is 1. The van der Waals surface area contributed by atoms with Gasteiger partial charge in [-0.3, -0.25) is 0 Å². The van der Waals surface area contributed by atoms with E-state index in [1.807, 2.05) is 4.68 Å². The Kier molecular flexibility index (Phi) is 3.05. The van der Waals surface area contributed by atoms with Gasteiger partial charge in [0.05, 0.1) is 16.7 Å². The third kappa shape index (κ3) is 2.67. The molecule has 2 rings (SSSR count). The first-order chi connectivity index (χ1) is 7.70. The Labute approximate surface area is 112 Å². The Morgan fingerprint density at radius 3 is 2.24 bits per heavy atom. The van der Waals surface area contributed by atoms with Crippen LogP contribution < -0.4 is 5.73 Å². The second-order valence-electron chi connectivity index (χ2n) is 6.89. The molecule has 0 unspecified atom stereocenters. The molecule has 96 valence electrons. The molecule has 1 aliphatic rings. The summed E-state index contributed by atoms with van der Waals surface area (Å²) in [5, 5.41) is 4.41. The Morgan fingerprint density at radius 1 is 1.29 bits per heavy atom. The van der Waals surface area contributed by atoms with Crippen molar-refractivity contribution in [3.63, 3.8) is 0 Å². The molecule has 0 atom stereocenters. The summed E-state index contributed by atoms with van der Waals surface area (Å²) < 4.78 is 2.89. The van der Waals surface area contributed by atoms with Crippen molar-refractivity contribution in [3.8, 4) is 0 Å². The third-order valence-electron chi connectivity index (χ3n) is 3.67. The summed E-state index contributed by atoms with van der Waals surface area (Å²) in [6, 6.07) is 0.417. The van der Waals surface area contributed by atoms with Crippen LogP contribution in [0.1, 0.15) is 53.0 Å². The van der Waals surface area contributed by atoms with Gasteiger partial charge in [0.15, 0.2) is 0 Å². The maximum absolute atomic E-state index is 6.06. The normalized spacial score (nSPS) is 23.8. The summed E-state index contributed by atoms with van der Waals surface area (Å²) in [7, 11) is 0. The van der Waals surface area contributed by atoms with E-state index >= 15 is 0 Å². The molecule has 0 aliphatic heterocycles. The molecule has 1 saturated carbocycles. The predicted molar refractivity (Wildman–Crippen MR) is 74.8 cm³/mol. The van der Waals surface area contributed by atoms with E-state index in [2.05, 4.69) is 48.7 Å².